The SMILES string of the molecule is Cc1nc(=S)o[nH]1.Cc1ncn[nH]1.Cc1noc(=O)[nH]1.Cc1nsc(=O)[nH]1. The zero-order valence-electron chi connectivity index (χ0n) is 14.8. The number of aromatic amines is 4. The van der Waals surface area contributed by atoms with Crippen molar-refractivity contribution in [2.75, 3.05) is 0 Å². The van der Waals surface area contributed by atoms with Crippen LogP contribution in [0.3, 0.4) is 0 Å². The summed E-state index contributed by atoms with van der Waals surface area (Å²) in [6, 6.07) is 0. The smallest absolute Gasteiger partial charge is 0.348 e. The van der Waals surface area contributed by atoms with Crippen LogP contribution in [0, 0.1) is 32.5 Å². The van der Waals surface area contributed by atoms with Crippen LogP contribution in [0.25, 0.3) is 0 Å². The van der Waals surface area contributed by atoms with Crippen molar-refractivity contribution >= 4 is 23.8 Å². The second-order valence-corrected chi connectivity index (χ2v) is 5.68. The molecule has 0 aromatic carbocycles. The topological polar surface area (TPSA) is 188 Å². The normalized spacial score (nSPS) is 9.19. The Morgan fingerprint density at radius 3 is 1.93 bits per heavy atom. The molecule has 13 nitrogen and oxygen atoms in total. The molecule has 4 aromatic heterocycles. The van der Waals surface area contributed by atoms with Crippen molar-refractivity contribution in [3.63, 3.8) is 0 Å². The summed E-state index contributed by atoms with van der Waals surface area (Å²) in [5, 5.41) is 12.0. The van der Waals surface area contributed by atoms with E-state index in [0.717, 1.165) is 17.4 Å². The van der Waals surface area contributed by atoms with Gasteiger partial charge in [-0.05, 0) is 39.9 Å². The molecule has 0 bridgehead atoms. The Labute approximate surface area is 160 Å². The second-order valence-electron chi connectivity index (χ2n) is 4.60. The van der Waals surface area contributed by atoms with Crippen LogP contribution < -0.4 is 10.6 Å². The molecule has 0 aliphatic rings. The molecule has 0 atom stereocenters. The van der Waals surface area contributed by atoms with E-state index in [9.17, 15) is 9.59 Å². The Kier molecular flexibility index (Phi) is 9.24. The van der Waals surface area contributed by atoms with Gasteiger partial charge in [0.15, 0.2) is 0 Å². The maximum absolute atomic E-state index is 10.2. The summed E-state index contributed by atoms with van der Waals surface area (Å²) in [4.78, 5) is 32.6. The van der Waals surface area contributed by atoms with Crippen molar-refractivity contribution in [3.05, 3.63) is 54.7 Å². The van der Waals surface area contributed by atoms with Crippen LogP contribution in [0.5, 0.6) is 0 Å². The van der Waals surface area contributed by atoms with Gasteiger partial charge in [-0.2, -0.15) is 14.5 Å². The standard InChI is InChI=1S/C3H5N3.C3H4N2O2.2C3H4N2OS/c1-3-4-2-5-6-3;2*1-2-4-3(6)7-5-2;1-2-4-3(7)6-5-2/h2H,1H3,(H,4,5,6);2*1H3,(H,4,5,6);1H3,(H,4,5,7). The maximum atomic E-state index is 10.2. The zero-order chi connectivity index (χ0) is 20.2. The van der Waals surface area contributed by atoms with Gasteiger partial charge >= 0.3 is 15.5 Å². The zero-order valence-corrected chi connectivity index (χ0v) is 16.4. The largest absolute Gasteiger partial charge is 0.438 e. The minimum absolute atomic E-state index is 0.0856. The molecule has 0 saturated carbocycles. The summed E-state index contributed by atoms with van der Waals surface area (Å²) < 4.78 is 12.3. The molecule has 0 radical (unpaired) electrons. The third-order valence-corrected chi connectivity index (χ3v) is 2.99. The predicted molar refractivity (Wildman–Crippen MR) is 96.9 cm³/mol. The van der Waals surface area contributed by atoms with Gasteiger partial charge in [-0.25, -0.2) is 14.9 Å². The minimum atomic E-state index is -0.502. The van der Waals surface area contributed by atoms with E-state index in [1.54, 1.807) is 20.8 Å². The molecular formula is C12H17N9O4S2. The molecule has 4 heterocycles. The Balaban J connectivity index is 0.000000180. The fraction of sp³-hybridized carbons (Fsp3) is 0.333. The van der Waals surface area contributed by atoms with Gasteiger partial charge in [-0.15, -0.1) is 0 Å². The molecule has 0 saturated heterocycles. The van der Waals surface area contributed by atoms with Gasteiger partial charge in [0, 0.05) is 11.5 Å². The number of rotatable bonds is 0. The molecule has 15 heteroatoms. The van der Waals surface area contributed by atoms with E-state index in [1.165, 1.54) is 6.33 Å². The quantitative estimate of drug-likeness (QED) is 0.301. The number of hydrogen-bond acceptors (Lipinski definition) is 11. The van der Waals surface area contributed by atoms with Crippen molar-refractivity contribution in [3.8, 4) is 0 Å². The third kappa shape index (κ3) is 10.4. The van der Waals surface area contributed by atoms with E-state index in [4.69, 9.17) is 0 Å². The first-order valence-electron chi connectivity index (χ1n) is 7.15. The molecule has 0 fully saturated rings. The highest BCUT2D eigenvalue weighted by Crippen LogP contribution is 1.84. The molecule has 146 valence electrons. The predicted octanol–water partition coefficient (Wildman–Crippen LogP) is 0.965. The Bertz CT molecular complexity index is 943. The van der Waals surface area contributed by atoms with Gasteiger partial charge in [0.05, 0.1) is 0 Å². The van der Waals surface area contributed by atoms with Crippen LogP contribution in [-0.2, 0) is 0 Å². The average molecular weight is 415 g/mol. The Morgan fingerprint density at radius 1 is 1.04 bits per heavy atom. The number of aryl methyl sites for hydroxylation is 4. The fourth-order valence-corrected chi connectivity index (χ4v) is 1.81. The molecule has 0 spiro atoms. The first-order chi connectivity index (χ1) is 12.8. The number of aromatic nitrogens is 9. The third-order valence-electron chi connectivity index (χ3n) is 2.18. The van der Waals surface area contributed by atoms with Gasteiger partial charge in [0.2, 0.25) is 0 Å². The van der Waals surface area contributed by atoms with E-state index < -0.39 is 5.76 Å². The van der Waals surface area contributed by atoms with Gasteiger partial charge in [-0.3, -0.25) is 24.4 Å². The summed E-state index contributed by atoms with van der Waals surface area (Å²) in [6.45, 7) is 7.02. The van der Waals surface area contributed by atoms with E-state index in [2.05, 4.69) is 66.1 Å². The van der Waals surface area contributed by atoms with E-state index in [-0.39, 0.29) is 9.71 Å². The number of nitrogens with one attached hydrogen (secondary N) is 4. The number of hydrogen-bond donors (Lipinski definition) is 4. The van der Waals surface area contributed by atoms with Crippen molar-refractivity contribution in [1.29, 1.82) is 0 Å². The van der Waals surface area contributed by atoms with Crippen molar-refractivity contribution in [2.24, 2.45) is 0 Å². The van der Waals surface area contributed by atoms with Crippen LogP contribution in [0.1, 0.15) is 23.3 Å². The lowest BCUT2D eigenvalue weighted by Crippen LogP contribution is -1.93. The monoisotopic (exact) mass is 415 g/mol. The highest BCUT2D eigenvalue weighted by atomic mass is 32.1. The van der Waals surface area contributed by atoms with E-state index in [0.29, 0.717) is 17.5 Å². The van der Waals surface area contributed by atoms with Gasteiger partial charge in [0.25, 0.3) is 0 Å². The molecule has 0 unspecified atom stereocenters. The molecule has 0 aliphatic heterocycles. The lowest BCUT2D eigenvalue weighted by Gasteiger charge is -1.66. The van der Waals surface area contributed by atoms with Gasteiger partial charge in [0.1, 0.15) is 29.6 Å². The molecule has 4 aromatic rings. The van der Waals surface area contributed by atoms with Crippen molar-refractivity contribution in [1.82, 2.24) is 44.8 Å². The highest BCUT2D eigenvalue weighted by molar-refractivity contribution is 7.71. The van der Waals surface area contributed by atoms with Crippen LogP contribution in [0.4, 0.5) is 0 Å². The summed E-state index contributed by atoms with van der Waals surface area (Å²) >= 11 is 5.47. The maximum Gasteiger partial charge on any atom is 0.438 e. The molecule has 0 amide bonds. The summed E-state index contributed by atoms with van der Waals surface area (Å²) in [5.74, 6) is 2.26. The van der Waals surface area contributed by atoms with Crippen molar-refractivity contribution < 1.29 is 9.05 Å². The lowest BCUT2D eigenvalue weighted by molar-refractivity contribution is 0.383. The van der Waals surface area contributed by atoms with Crippen LogP contribution in [0.15, 0.2) is 25.0 Å². The molecule has 4 rings (SSSR count). The Morgan fingerprint density at radius 2 is 1.78 bits per heavy atom. The first kappa shape index (κ1) is 21.8. The van der Waals surface area contributed by atoms with E-state index >= 15 is 0 Å². The number of nitrogens with zero attached hydrogens (tertiary/aromatic N) is 5. The first-order valence-corrected chi connectivity index (χ1v) is 8.33. The summed E-state index contributed by atoms with van der Waals surface area (Å²) in [7, 11) is 0. The molecular weight excluding hydrogens is 398 g/mol. The Hall–Kier alpha value is -3.20. The lowest BCUT2D eigenvalue weighted by atomic mass is 10.8. The van der Waals surface area contributed by atoms with Crippen molar-refractivity contribution in [2.45, 2.75) is 27.7 Å². The minimum Gasteiger partial charge on any atom is -0.348 e. The van der Waals surface area contributed by atoms with Crippen LogP contribution in [-0.4, -0.2) is 44.8 Å². The van der Waals surface area contributed by atoms with Crippen LogP contribution in [0.2, 0.25) is 0 Å². The molecule has 27 heavy (non-hydrogen) atoms. The number of H-pyrrole nitrogens is 4. The average Bonchev–Trinajstić information content (AvgIpc) is 3.37. The van der Waals surface area contributed by atoms with E-state index in [1.807, 2.05) is 6.92 Å². The fourth-order valence-electron chi connectivity index (χ4n) is 1.17. The second kappa shape index (κ2) is 11.4. The highest BCUT2D eigenvalue weighted by Gasteiger charge is 1.87. The molecule has 0 aliphatic carbocycles. The van der Waals surface area contributed by atoms with Crippen LogP contribution >= 0.6 is 23.8 Å². The van der Waals surface area contributed by atoms with Gasteiger partial charge in [-0.1, -0.05) is 5.16 Å². The van der Waals surface area contributed by atoms with Gasteiger partial charge < -0.3 is 4.52 Å². The summed E-state index contributed by atoms with van der Waals surface area (Å²) in [5.41, 5.74) is 0. The molecule has 4 N–H and O–H groups in total. The summed E-state index contributed by atoms with van der Waals surface area (Å²) in [6.07, 6.45) is 1.48.